The van der Waals surface area contributed by atoms with Crippen molar-refractivity contribution in [2.45, 2.75) is 116 Å². The molecule has 5 rings (SSSR count). The number of carbonyl (C=O) groups is 2. The van der Waals surface area contributed by atoms with Crippen molar-refractivity contribution in [3.8, 4) is 0 Å². The third-order valence-corrected chi connectivity index (χ3v) is 7.73. The van der Waals surface area contributed by atoms with Crippen LogP contribution < -0.4 is 27.8 Å². The first-order chi connectivity index (χ1) is 22.9. The molecule has 0 amide bonds. The molecule has 3 aliphatic rings. The van der Waals surface area contributed by atoms with Gasteiger partial charge in [-0.3, -0.25) is 9.59 Å². The zero-order valence-electron chi connectivity index (χ0n) is 29.3. The predicted octanol–water partition coefficient (Wildman–Crippen LogP) is 5.59. The van der Waals surface area contributed by atoms with Gasteiger partial charge in [-0.1, -0.05) is 92.8 Å². The summed E-state index contributed by atoms with van der Waals surface area (Å²) in [6.45, 7) is 8.69. The maximum Gasteiger partial charge on any atom is 0.309 e. The van der Waals surface area contributed by atoms with Crippen LogP contribution in [0.1, 0.15) is 102 Å². The van der Waals surface area contributed by atoms with Gasteiger partial charge < -0.3 is 37.3 Å². The average molecular weight is 656 g/mol. The topological polar surface area (TPSA) is 155 Å². The van der Waals surface area contributed by atoms with E-state index < -0.39 is 0 Å². The Bertz CT molecular complexity index is 946. The van der Waals surface area contributed by atoms with Crippen LogP contribution >= 0.6 is 0 Å². The molecule has 1 saturated heterocycles. The molecule has 0 spiro atoms. The van der Waals surface area contributed by atoms with Gasteiger partial charge >= 0.3 is 11.9 Å². The van der Waals surface area contributed by atoms with Crippen LogP contribution in [-0.2, 0) is 32.2 Å². The third kappa shape index (κ3) is 25.9. The van der Waals surface area contributed by atoms with Crippen molar-refractivity contribution in [1.29, 1.82) is 0 Å². The highest BCUT2D eigenvalue weighted by Crippen LogP contribution is 2.15. The molecular formula is C38H65N5O4. The lowest BCUT2D eigenvalue weighted by Crippen LogP contribution is -2.32. The highest BCUT2D eigenvalue weighted by atomic mass is 16.5. The van der Waals surface area contributed by atoms with Crippen molar-refractivity contribution < 1.29 is 19.1 Å². The number of nitrogens with two attached hydrogens (primary N) is 3. The number of ether oxygens (including phenoxy) is 2. The summed E-state index contributed by atoms with van der Waals surface area (Å²) in [5.41, 5.74) is 18.7. The van der Waals surface area contributed by atoms with E-state index in [0.29, 0.717) is 38.3 Å². The second-order valence-corrected chi connectivity index (χ2v) is 12.1. The lowest BCUT2D eigenvalue weighted by molar-refractivity contribution is -0.149. The minimum atomic E-state index is -0.213. The Labute approximate surface area is 285 Å². The highest BCUT2D eigenvalue weighted by Gasteiger charge is 2.21. The number of rotatable bonds is 9. The molecule has 1 aliphatic heterocycles. The van der Waals surface area contributed by atoms with Gasteiger partial charge in [-0.25, -0.2) is 0 Å². The summed E-state index contributed by atoms with van der Waals surface area (Å²) in [6.07, 6.45) is 14.2. The molecule has 9 heteroatoms. The van der Waals surface area contributed by atoms with E-state index in [1.54, 1.807) is 6.92 Å². The van der Waals surface area contributed by atoms with E-state index in [9.17, 15) is 9.59 Å². The summed E-state index contributed by atoms with van der Waals surface area (Å²) in [6, 6.07) is 22.0. The van der Waals surface area contributed by atoms with E-state index >= 15 is 0 Å². The summed E-state index contributed by atoms with van der Waals surface area (Å²) >= 11 is 0. The number of carbonyl (C=O) groups excluding carboxylic acids is 2. The Kier molecular flexibility index (Phi) is 26.3. The van der Waals surface area contributed by atoms with Crippen molar-refractivity contribution in [2.75, 3.05) is 32.8 Å². The van der Waals surface area contributed by atoms with E-state index in [4.69, 9.17) is 21.9 Å². The first kappa shape index (κ1) is 42.2. The summed E-state index contributed by atoms with van der Waals surface area (Å²) in [5.74, 6) is -0.0831. The van der Waals surface area contributed by atoms with Crippen molar-refractivity contribution >= 4 is 11.9 Å². The molecule has 1 heterocycles. The molecule has 2 saturated carbocycles. The lowest BCUT2D eigenvalue weighted by Gasteiger charge is -2.20. The van der Waals surface area contributed by atoms with Gasteiger partial charge in [-0.2, -0.15) is 0 Å². The number of hydrogen-bond acceptors (Lipinski definition) is 9. The number of nitrogens with one attached hydrogen (secondary N) is 2. The van der Waals surface area contributed by atoms with Gasteiger partial charge in [-0.15, -0.1) is 0 Å². The highest BCUT2D eigenvalue weighted by molar-refractivity contribution is 5.72. The van der Waals surface area contributed by atoms with Gasteiger partial charge in [0.15, 0.2) is 0 Å². The lowest BCUT2D eigenvalue weighted by atomic mass is 9.98. The number of piperidine rings is 1. The van der Waals surface area contributed by atoms with E-state index in [1.165, 1.54) is 68.9 Å². The smallest absolute Gasteiger partial charge is 0.309 e. The average Bonchev–Trinajstić information content (AvgIpc) is 3.88. The summed E-state index contributed by atoms with van der Waals surface area (Å²) in [5, 5.41) is 6.62. The SMILES string of the molecule is CCOC(=O)C1CCNCC1.CCOC(=O)CCN.NC1CC1.NC1CCCCCCC1.c1ccc(CNCc2ccccc2)cc1. The van der Waals surface area contributed by atoms with Crippen LogP contribution in [0.5, 0.6) is 0 Å². The molecule has 8 N–H and O–H groups in total. The summed E-state index contributed by atoms with van der Waals surface area (Å²) < 4.78 is 9.48. The Morgan fingerprint density at radius 3 is 1.57 bits per heavy atom. The second-order valence-electron chi connectivity index (χ2n) is 12.1. The Hall–Kier alpha value is -2.82. The first-order valence-electron chi connectivity index (χ1n) is 17.9. The zero-order chi connectivity index (χ0) is 34.4. The van der Waals surface area contributed by atoms with E-state index in [-0.39, 0.29) is 17.9 Å². The third-order valence-electron chi connectivity index (χ3n) is 7.73. The Morgan fingerprint density at radius 1 is 0.702 bits per heavy atom. The van der Waals surface area contributed by atoms with Gasteiger partial charge in [0.1, 0.15) is 0 Å². The van der Waals surface area contributed by atoms with Crippen LogP contribution in [-0.4, -0.2) is 56.9 Å². The zero-order valence-corrected chi connectivity index (χ0v) is 29.3. The van der Waals surface area contributed by atoms with E-state index in [1.807, 2.05) is 19.1 Å². The molecule has 0 aromatic heterocycles. The molecule has 2 aromatic rings. The largest absolute Gasteiger partial charge is 0.466 e. The number of hydrogen-bond donors (Lipinski definition) is 5. The minimum Gasteiger partial charge on any atom is -0.466 e. The molecule has 9 nitrogen and oxygen atoms in total. The molecule has 2 aliphatic carbocycles. The maximum atomic E-state index is 11.1. The molecule has 0 unspecified atom stereocenters. The summed E-state index contributed by atoms with van der Waals surface area (Å²) in [4.78, 5) is 21.5. The normalized spacial score (nSPS) is 16.4. The van der Waals surface area contributed by atoms with Crippen LogP contribution in [0.2, 0.25) is 0 Å². The monoisotopic (exact) mass is 656 g/mol. The molecular weight excluding hydrogens is 590 g/mol. The minimum absolute atomic E-state index is 0.0194. The molecule has 2 aromatic carbocycles. The molecule has 0 atom stereocenters. The van der Waals surface area contributed by atoms with Crippen LogP contribution in [0.3, 0.4) is 0 Å². The fourth-order valence-electron chi connectivity index (χ4n) is 4.80. The van der Waals surface area contributed by atoms with Crippen LogP contribution in [0.4, 0.5) is 0 Å². The van der Waals surface area contributed by atoms with Gasteiger partial charge in [0.25, 0.3) is 0 Å². The van der Waals surface area contributed by atoms with Gasteiger partial charge in [-0.05, 0) is 76.6 Å². The quantitative estimate of drug-likeness (QED) is 0.218. The van der Waals surface area contributed by atoms with Crippen LogP contribution in [0.25, 0.3) is 0 Å². The maximum absolute atomic E-state index is 11.1. The van der Waals surface area contributed by atoms with Gasteiger partial charge in [0.2, 0.25) is 0 Å². The van der Waals surface area contributed by atoms with Crippen LogP contribution in [0.15, 0.2) is 60.7 Å². The standard InChI is InChI=1S/C14H15N.C8H15NO2.C8H17N.C5H11NO2.C3H7N/c1-3-7-13(8-4-1)11-15-12-14-9-5-2-6-10-14;1-2-11-8(10)7-3-5-9-6-4-7;9-8-6-4-2-1-3-5-7-8;1-2-8-5(7)3-4-6;4-3-1-2-3/h1-10,15H,11-12H2;7,9H,2-6H2,1H3;8H,1-7,9H2;2-4,6H2,1H3;3H,1-2,4H2. The van der Waals surface area contributed by atoms with Crippen molar-refractivity contribution in [3.05, 3.63) is 71.8 Å². The van der Waals surface area contributed by atoms with E-state index in [2.05, 4.69) is 63.9 Å². The Morgan fingerprint density at radius 2 is 1.15 bits per heavy atom. The second kappa shape index (κ2) is 29.3. The fraction of sp³-hybridized carbons (Fsp3) is 0.632. The molecule has 0 bridgehead atoms. The Balaban J connectivity index is 0.000000309. The van der Waals surface area contributed by atoms with Gasteiger partial charge in [0, 0.05) is 31.7 Å². The van der Waals surface area contributed by atoms with Crippen molar-refractivity contribution in [3.63, 3.8) is 0 Å². The predicted molar refractivity (Wildman–Crippen MR) is 193 cm³/mol. The fourth-order valence-corrected chi connectivity index (χ4v) is 4.80. The molecule has 266 valence electrons. The van der Waals surface area contributed by atoms with Crippen molar-refractivity contribution in [1.82, 2.24) is 10.6 Å². The molecule has 47 heavy (non-hydrogen) atoms. The number of benzene rings is 2. The number of esters is 2. The van der Waals surface area contributed by atoms with Crippen LogP contribution in [0, 0.1) is 5.92 Å². The van der Waals surface area contributed by atoms with Gasteiger partial charge in [0.05, 0.1) is 25.6 Å². The first-order valence-corrected chi connectivity index (χ1v) is 17.9. The molecule has 0 radical (unpaired) electrons. The summed E-state index contributed by atoms with van der Waals surface area (Å²) in [7, 11) is 0. The molecule has 3 fully saturated rings. The van der Waals surface area contributed by atoms with E-state index in [0.717, 1.165) is 39.0 Å². The van der Waals surface area contributed by atoms with Crippen molar-refractivity contribution in [2.24, 2.45) is 23.1 Å².